The van der Waals surface area contributed by atoms with Crippen LogP contribution in [0.4, 0.5) is 18.9 Å². The smallest absolute Gasteiger partial charge is 0.389 e. The zero-order chi connectivity index (χ0) is 14.8. The lowest BCUT2D eigenvalue weighted by molar-refractivity contribution is -0.120. The van der Waals surface area contributed by atoms with Gasteiger partial charge in [0.25, 0.3) is 0 Å². The van der Waals surface area contributed by atoms with Crippen molar-refractivity contribution >= 4 is 21.6 Å². The largest absolute Gasteiger partial charge is 0.405 e. The number of halogens is 4. The first-order valence-corrected chi connectivity index (χ1v) is 6.72. The quantitative estimate of drug-likeness (QED) is 0.884. The maximum Gasteiger partial charge on any atom is 0.405 e. The Balaban J connectivity index is 3.10. The second kappa shape index (κ2) is 6.13. The van der Waals surface area contributed by atoms with Crippen molar-refractivity contribution in [2.45, 2.75) is 39.1 Å². The molecule has 0 aliphatic carbocycles. The molecule has 0 amide bonds. The van der Waals surface area contributed by atoms with Crippen LogP contribution in [-0.4, -0.2) is 23.9 Å². The Hall–Kier alpha value is -0.750. The van der Waals surface area contributed by atoms with E-state index in [1.54, 1.807) is 39.0 Å². The van der Waals surface area contributed by atoms with Gasteiger partial charge in [0, 0.05) is 10.5 Å². The van der Waals surface area contributed by atoms with Gasteiger partial charge in [-0.05, 0) is 54.4 Å². The van der Waals surface area contributed by atoms with Gasteiger partial charge in [-0.15, -0.1) is 0 Å². The summed E-state index contributed by atoms with van der Waals surface area (Å²) in [6, 6.07) is 4.59. The minimum absolute atomic E-state index is 0.282. The Bertz CT molecular complexity index is 432. The first-order chi connectivity index (χ1) is 8.61. The van der Waals surface area contributed by atoms with E-state index in [1.165, 1.54) is 4.90 Å². The highest BCUT2D eigenvalue weighted by molar-refractivity contribution is 9.10. The molecule has 0 heterocycles. The predicted molar refractivity (Wildman–Crippen MR) is 73.3 cm³/mol. The standard InChI is InChI=1S/C13H17BrF3NO/c1-8(2)18(7-13(15,16)17)12-5-4-10(9(3)19)6-11(12)14/h4-6,8-9,19H,7H2,1-3H3/t9-/m1/s1. The first-order valence-electron chi connectivity index (χ1n) is 5.92. The minimum Gasteiger partial charge on any atom is -0.389 e. The van der Waals surface area contributed by atoms with Crippen molar-refractivity contribution in [2.75, 3.05) is 11.4 Å². The summed E-state index contributed by atoms with van der Waals surface area (Å²) in [6.45, 7) is 4.02. The van der Waals surface area contributed by atoms with Gasteiger partial charge >= 0.3 is 6.18 Å². The molecule has 0 radical (unpaired) electrons. The summed E-state index contributed by atoms with van der Waals surface area (Å²) in [7, 11) is 0. The van der Waals surface area contributed by atoms with Crippen LogP contribution in [0.15, 0.2) is 22.7 Å². The Morgan fingerprint density at radius 1 is 1.26 bits per heavy atom. The Morgan fingerprint density at radius 2 is 1.84 bits per heavy atom. The van der Waals surface area contributed by atoms with Crippen molar-refractivity contribution in [3.63, 3.8) is 0 Å². The summed E-state index contributed by atoms with van der Waals surface area (Å²) in [4.78, 5) is 1.27. The molecule has 0 saturated heterocycles. The molecule has 108 valence electrons. The summed E-state index contributed by atoms with van der Waals surface area (Å²) in [5, 5.41) is 9.46. The Morgan fingerprint density at radius 3 is 2.21 bits per heavy atom. The van der Waals surface area contributed by atoms with Crippen LogP contribution in [0.5, 0.6) is 0 Å². The fourth-order valence-electron chi connectivity index (χ4n) is 1.76. The summed E-state index contributed by atoms with van der Waals surface area (Å²) >= 11 is 3.27. The lowest BCUT2D eigenvalue weighted by Gasteiger charge is -2.31. The van der Waals surface area contributed by atoms with Crippen molar-refractivity contribution in [3.8, 4) is 0 Å². The average Bonchev–Trinajstić information content (AvgIpc) is 2.24. The molecule has 19 heavy (non-hydrogen) atoms. The molecule has 1 aromatic carbocycles. The van der Waals surface area contributed by atoms with Gasteiger partial charge in [0.1, 0.15) is 6.54 Å². The first kappa shape index (κ1) is 16.3. The van der Waals surface area contributed by atoms with Crippen LogP contribution in [0.1, 0.15) is 32.4 Å². The van der Waals surface area contributed by atoms with E-state index in [1.807, 2.05) is 0 Å². The van der Waals surface area contributed by atoms with Gasteiger partial charge in [-0.2, -0.15) is 13.2 Å². The monoisotopic (exact) mass is 339 g/mol. The van der Waals surface area contributed by atoms with Crippen molar-refractivity contribution in [1.29, 1.82) is 0 Å². The molecule has 0 unspecified atom stereocenters. The molecule has 6 heteroatoms. The predicted octanol–water partition coefficient (Wildman–Crippen LogP) is 4.28. The molecule has 0 fully saturated rings. The van der Waals surface area contributed by atoms with Crippen molar-refractivity contribution in [3.05, 3.63) is 28.2 Å². The molecule has 0 aliphatic heterocycles. The van der Waals surface area contributed by atoms with Gasteiger partial charge in [0.15, 0.2) is 0 Å². The van der Waals surface area contributed by atoms with Gasteiger partial charge in [0.05, 0.1) is 11.8 Å². The zero-order valence-corrected chi connectivity index (χ0v) is 12.6. The Labute approximate surface area is 119 Å². The molecule has 0 aliphatic rings. The number of hydrogen-bond donors (Lipinski definition) is 1. The van der Waals surface area contributed by atoms with Crippen LogP contribution >= 0.6 is 15.9 Å². The van der Waals surface area contributed by atoms with Crippen molar-refractivity contribution in [2.24, 2.45) is 0 Å². The maximum absolute atomic E-state index is 12.6. The second-order valence-corrected chi connectivity index (χ2v) is 5.58. The van der Waals surface area contributed by atoms with Gasteiger partial charge < -0.3 is 10.0 Å². The van der Waals surface area contributed by atoms with Crippen LogP contribution < -0.4 is 4.90 Å². The van der Waals surface area contributed by atoms with Crippen LogP contribution in [0.2, 0.25) is 0 Å². The number of alkyl halides is 3. The number of aliphatic hydroxyl groups is 1. The van der Waals surface area contributed by atoms with E-state index >= 15 is 0 Å². The molecular weight excluding hydrogens is 323 g/mol. The number of aliphatic hydroxyl groups excluding tert-OH is 1. The van der Waals surface area contributed by atoms with E-state index in [2.05, 4.69) is 15.9 Å². The van der Waals surface area contributed by atoms with Crippen LogP contribution in [0.3, 0.4) is 0 Å². The molecule has 2 nitrogen and oxygen atoms in total. The van der Waals surface area contributed by atoms with Gasteiger partial charge in [-0.25, -0.2) is 0 Å². The fourth-order valence-corrected chi connectivity index (χ4v) is 2.38. The Kier molecular flexibility index (Phi) is 5.26. The van der Waals surface area contributed by atoms with Crippen LogP contribution in [0, 0.1) is 0 Å². The number of hydrogen-bond acceptors (Lipinski definition) is 2. The summed E-state index contributed by atoms with van der Waals surface area (Å²) in [5.41, 5.74) is 1.13. The van der Waals surface area contributed by atoms with Gasteiger partial charge in [0.2, 0.25) is 0 Å². The van der Waals surface area contributed by atoms with Crippen molar-refractivity contribution < 1.29 is 18.3 Å². The third-order valence-corrected chi connectivity index (χ3v) is 3.37. The van der Waals surface area contributed by atoms with E-state index in [0.717, 1.165) is 0 Å². The average molecular weight is 340 g/mol. The van der Waals surface area contributed by atoms with Gasteiger partial charge in [-0.1, -0.05) is 6.07 Å². The highest BCUT2D eigenvalue weighted by Crippen LogP contribution is 2.32. The zero-order valence-electron chi connectivity index (χ0n) is 11.0. The lowest BCUT2D eigenvalue weighted by atomic mass is 10.1. The molecule has 0 saturated carbocycles. The van der Waals surface area contributed by atoms with E-state index in [-0.39, 0.29) is 6.04 Å². The third kappa shape index (κ3) is 4.69. The number of nitrogens with zero attached hydrogens (tertiary/aromatic N) is 1. The molecule has 1 aromatic rings. The minimum atomic E-state index is -4.26. The SMILES string of the molecule is CC(C)N(CC(F)(F)F)c1ccc([C@@H](C)O)cc1Br. The topological polar surface area (TPSA) is 23.5 Å². The second-order valence-electron chi connectivity index (χ2n) is 4.72. The fraction of sp³-hybridized carbons (Fsp3) is 0.538. The molecule has 1 rings (SSSR count). The van der Waals surface area contributed by atoms with Crippen LogP contribution in [-0.2, 0) is 0 Å². The molecular formula is C13H17BrF3NO. The molecule has 0 aromatic heterocycles. The number of anilines is 1. The lowest BCUT2D eigenvalue weighted by Crippen LogP contribution is -2.39. The highest BCUT2D eigenvalue weighted by atomic mass is 79.9. The van der Waals surface area contributed by atoms with Gasteiger partial charge in [-0.3, -0.25) is 0 Å². The molecule has 1 N–H and O–H groups in total. The van der Waals surface area contributed by atoms with E-state index in [4.69, 9.17) is 0 Å². The number of rotatable bonds is 4. The molecule has 0 bridgehead atoms. The van der Waals surface area contributed by atoms with Crippen LogP contribution in [0.25, 0.3) is 0 Å². The third-order valence-electron chi connectivity index (χ3n) is 2.74. The summed E-state index contributed by atoms with van der Waals surface area (Å²) in [6.07, 6.45) is -4.91. The van der Waals surface area contributed by atoms with Crippen molar-refractivity contribution in [1.82, 2.24) is 0 Å². The normalized spacial score (nSPS) is 13.7. The van der Waals surface area contributed by atoms with E-state index in [0.29, 0.717) is 15.7 Å². The molecule has 1 atom stereocenters. The highest BCUT2D eigenvalue weighted by Gasteiger charge is 2.32. The van der Waals surface area contributed by atoms with E-state index < -0.39 is 18.8 Å². The molecule has 0 spiro atoms. The van der Waals surface area contributed by atoms with E-state index in [9.17, 15) is 18.3 Å². The summed E-state index contributed by atoms with van der Waals surface area (Å²) < 4.78 is 38.3. The maximum atomic E-state index is 12.6. The number of benzene rings is 1. The summed E-state index contributed by atoms with van der Waals surface area (Å²) in [5.74, 6) is 0.